The molecule has 0 saturated carbocycles. The Labute approximate surface area is 164 Å². The van der Waals surface area contributed by atoms with E-state index in [1.807, 2.05) is 42.5 Å². The summed E-state index contributed by atoms with van der Waals surface area (Å²) in [6.07, 6.45) is 0.911. The smallest absolute Gasteiger partial charge is 0.266 e. The number of anilines is 1. The largest absolute Gasteiger partial charge is 0.484 e. The number of benzene rings is 2. The Morgan fingerprint density at radius 3 is 2.70 bits per heavy atom. The predicted molar refractivity (Wildman–Crippen MR) is 111 cm³/mol. The molecule has 0 radical (unpaired) electrons. The van der Waals surface area contributed by atoms with Crippen LogP contribution in [0.2, 0.25) is 0 Å². The molecule has 6 heteroatoms. The Hall–Kier alpha value is -2.44. The molecule has 1 amide bonds. The fraction of sp³-hybridized carbons (Fsp3) is 0.333. The van der Waals surface area contributed by atoms with Gasteiger partial charge in [-0.05, 0) is 36.8 Å². The van der Waals surface area contributed by atoms with Crippen LogP contribution >= 0.6 is 11.3 Å². The van der Waals surface area contributed by atoms with Crippen LogP contribution < -0.4 is 14.5 Å². The summed E-state index contributed by atoms with van der Waals surface area (Å²) in [7, 11) is 4.23. The second kappa shape index (κ2) is 8.97. The molecule has 0 aliphatic carbocycles. The van der Waals surface area contributed by atoms with E-state index in [-0.39, 0.29) is 12.5 Å². The first-order chi connectivity index (χ1) is 13.0. The SMILES string of the molecule is Cc1ccc2nc(N(CCC[NH+](C)C)C(=O)COc3ccccc3)sc2c1. The van der Waals surface area contributed by atoms with Crippen LogP contribution in [-0.2, 0) is 4.79 Å². The van der Waals surface area contributed by atoms with Crippen molar-refractivity contribution >= 4 is 32.6 Å². The quantitative estimate of drug-likeness (QED) is 0.649. The molecule has 0 bridgehead atoms. The summed E-state index contributed by atoms with van der Waals surface area (Å²) in [5.41, 5.74) is 2.12. The van der Waals surface area contributed by atoms with Crippen molar-refractivity contribution in [3.05, 3.63) is 54.1 Å². The second-order valence-electron chi connectivity index (χ2n) is 6.93. The number of ether oxygens (including phenoxy) is 1. The summed E-state index contributed by atoms with van der Waals surface area (Å²) in [6, 6.07) is 15.6. The van der Waals surface area contributed by atoms with Gasteiger partial charge in [0.15, 0.2) is 11.7 Å². The van der Waals surface area contributed by atoms with Gasteiger partial charge >= 0.3 is 0 Å². The standard InChI is InChI=1S/C21H25N3O2S/c1-16-10-11-18-19(14-16)27-21(22-18)24(13-7-12-23(2)3)20(25)15-26-17-8-5-4-6-9-17/h4-6,8-11,14H,7,12-13,15H2,1-3H3/p+1. The average molecular weight is 385 g/mol. The number of carbonyl (C=O) groups is 1. The number of para-hydroxylation sites is 1. The predicted octanol–water partition coefficient (Wildman–Crippen LogP) is 2.55. The maximum absolute atomic E-state index is 12.9. The zero-order valence-corrected chi connectivity index (χ0v) is 16.9. The molecule has 0 saturated heterocycles. The highest BCUT2D eigenvalue weighted by atomic mass is 32.1. The Bertz CT molecular complexity index is 893. The van der Waals surface area contributed by atoms with Crippen LogP contribution in [0.4, 0.5) is 5.13 Å². The highest BCUT2D eigenvalue weighted by molar-refractivity contribution is 7.22. The van der Waals surface area contributed by atoms with Crippen LogP contribution in [0, 0.1) is 6.92 Å². The maximum Gasteiger partial charge on any atom is 0.266 e. The van der Waals surface area contributed by atoms with Crippen molar-refractivity contribution in [3.63, 3.8) is 0 Å². The van der Waals surface area contributed by atoms with E-state index in [0.717, 1.165) is 28.3 Å². The summed E-state index contributed by atoms with van der Waals surface area (Å²) in [4.78, 5) is 20.7. The summed E-state index contributed by atoms with van der Waals surface area (Å²) in [5, 5.41) is 0.742. The summed E-state index contributed by atoms with van der Waals surface area (Å²) in [5.74, 6) is 0.631. The number of nitrogens with zero attached hydrogens (tertiary/aromatic N) is 2. The summed E-state index contributed by atoms with van der Waals surface area (Å²) in [6.45, 7) is 3.71. The van der Waals surface area contributed by atoms with E-state index in [2.05, 4.69) is 32.1 Å². The molecular formula is C21H26N3O2S+. The Kier molecular flexibility index (Phi) is 6.42. The molecule has 1 N–H and O–H groups in total. The van der Waals surface area contributed by atoms with Crippen LogP contribution in [0.1, 0.15) is 12.0 Å². The van der Waals surface area contributed by atoms with Crippen LogP contribution in [0.3, 0.4) is 0 Å². The molecule has 0 unspecified atom stereocenters. The van der Waals surface area contributed by atoms with Gasteiger partial charge in [-0.2, -0.15) is 0 Å². The number of aromatic nitrogens is 1. The normalized spacial score (nSPS) is 11.1. The Morgan fingerprint density at radius 1 is 1.19 bits per heavy atom. The summed E-state index contributed by atoms with van der Waals surface area (Å²) >= 11 is 1.56. The molecule has 27 heavy (non-hydrogen) atoms. The minimum Gasteiger partial charge on any atom is -0.484 e. The minimum absolute atomic E-state index is 0.00773. The number of quaternary nitrogens is 1. The monoisotopic (exact) mass is 384 g/mol. The Morgan fingerprint density at radius 2 is 1.96 bits per heavy atom. The van der Waals surface area contributed by atoms with Gasteiger partial charge in [-0.1, -0.05) is 35.6 Å². The number of amides is 1. The van der Waals surface area contributed by atoms with E-state index < -0.39 is 0 Å². The number of aryl methyl sites for hydroxylation is 1. The fourth-order valence-electron chi connectivity index (χ4n) is 2.79. The van der Waals surface area contributed by atoms with Crippen LogP contribution in [0.15, 0.2) is 48.5 Å². The molecule has 0 spiro atoms. The molecule has 3 rings (SSSR count). The lowest BCUT2D eigenvalue weighted by molar-refractivity contribution is -0.858. The van der Waals surface area contributed by atoms with Crippen molar-refractivity contribution in [1.29, 1.82) is 0 Å². The van der Waals surface area contributed by atoms with Gasteiger partial charge in [0.25, 0.3) is 5.91 Å². The number of thiazole rings is 1. The molecule has 1 aromatic heterocycles. The van der Waals surface area contributed by atoms with Crippen LogP contribution in [0.25, 0.3) is 10.2 Å². The number of carbonyl (C=O) groups excluding carboxylic acids is 1. The number of rotatable bonds is 8. The third-order valence-electron chi connectivity index (χ3n) is 4.23. The topological polar surface area (TPSA) is 46.9 Å². The van der Waals surface area contributed by atoms with Crippen molar-refractivity contribution in [2.24, 2.45) is 0 Å². The van der Waals surface area contributed by atoms with Crippen LogP contribution in [0.5, 0.6) is 5.75 Å². The molecule has 0 fully saturated rings. The molecule has 3 aromatic rings. The average Bonchev–Trinajstić information content (AvgIpc) is 3.06. The molecule has 0 aliphatic heterocycles. The third-order valence-corrected chi connectivity index (χ3v) is 5.27. The zero-order valence-electron chi connectivity index (χ0n) is 16.1. The second-order valence-corrected chi connectivity index (χ2v) is 7.93. The number of hydrogen-bond donors (Lipinski definition) is 1. The van der Waals surface area contributed by atoms with Crippen molar-refractivity contribution in [2.45, 2.75) is 13.3 Å². The van der Waals surface area contributed by atoms with Crippen molar-refractivity contribution in [3.8, 4) is 5.75 Å². The Balaban J connectivity index is 1.77. The highest BCUT2D eigenvalue weighted by Crippen LogP contribution is 2.29. The molecule has 0 aliphatic rings. The summed E-state index contributed by atoms with van der Waals surface area (Å²) < 4.78 is 6.77. The molecular weight excluding hydrogens is 358 g/mol. The number of fused-ring (bicyclic) bond motifs is 1. The molecule has 142 valence electrons. The van der Waals surface area contributed by atoms with E-state index in [1.165, 1.54) is 10.5 Å². The van der Waals surface area contributed by atoms with Crippen molar-refractivity contribution < 1.29 is 14.4 Å². The molecule has 0 atom stereocenters. The first-order valence-electron chi connectivity index (χ1n) is 9.17. The molecule has 1 heterocycles. The lowest BCUT2D eigenvalue weighted by atomic mass is 10.2. The maximum atomic E-state index is 12.9. The first-order valence-corrected chi connectivity index (χ1v) is 9.99. The fourth-order valence-corrected chi connectivity index (χ4v) is 3.90. The van der Waals surface area contributed by atoms with Crippen molar-refractivity contribution in [1.82, 2.24) is 4.98 Å². The van der Waals surface area contributed by atoms with Gasteiger partial charge in [0.2, 0.25) is 0 Å². The molecule has 5 nitrogen and oxygen atoms in total. The van der Waals surface area contributed by atoms with Gasteiger partial charge in [-0.15, -0.1) is 0 Å². The van der Waals surface area contributed by atoms with Gasteiger partial charge in [-0.3, -0.25) is 9.69 Å². The van der Waals surface area contributed by atoms with E-state index in [1.54, 1.807) is 16.2 Å². The minimum atomic E-state index is -0.0663. The van der Waals surface area contributed by atoms with Crippen LogP contribution in [-0.4, -0.2) is 44.7 Å². The van der Waals surface area contributed by atoms with E-state index in [4.69, 9.17) is 4.74 Å². The van der Waals surface area contributed by atoms with E-state index in [0.29, 0.717) is 12.3 Å². The van der Waals surface area contributed by atoms with E-state index in [9.17, 15) is 4.79 Å². The molecule has 2 aromatic carbocycles. The van der Waals surface area contributed by atoms with Gasteiger partial charge in [0.1, 0.15) is 5.75 Å². The highest BCUT2D eigenvalue weighted by Gasteiger charge is 2.20. The lowest BCUT2D eigenvalue weighted by Crippen LogP contribution is -3.05. The first kappa shape index (κ1) is 19.3. The van der Waals surface area contributed by atoms with Gasteiger partial charge in [0.05, 0.1) is 30.9 Å². The van der Waals surface area contributed by atoms with Gasteiger partial charge < -0.3 is 9.64 Å². The van der Waals surface area contributed by atoms with E-state index >= 15 is 0 Å². The van der Waals surface area contributed by atoms with Gasteiger partial charge in [-0.25, -0.2) is 4.98 Å². The number of hydrogen-bond acceptors (Lipinski definition) is 4. The lowest BCUT2D eigenvalue weighted by Gasteiger charge is -2.20. The zero-order chi connectivity index (χ0) is 19.2. The van der Waals surface area contributed by atoms with Gasteiger partial charge in [0, 0.05) is 13.0 Å². The third kappa shape index (κ3) is 5.28. The van der Waals surface area contributed by atoms with Crippen molar-refractivity contribution in [2.75, 3.05) is 38.7 Å². The number of nitrogens with one attached hydrogen (secondary N) is 1.